The number of hydrogen-bond donors (Lipinski definition) is 0. The molecule has 4 aliphatic rings. The van der Waals surface area contributed by atoms with Crippen molar-refractivity contribution in [1.82, 2.24) is 0 Å². The highest BCUT2D eigenvalue weighted by atomic mass is 35.6. The van der Waals surface area contributed by atoms with Gasteiger partial charge in [-0.15, -0.1) is 0 Å². The Morgan fingerprint density at radius 1 is 1.00 bits per heavy atom. The average molecular weight is 464 g/mol. The third-order valence-corrected chi connectivity index (χ3v) is 5.60. The first-order chi connectivity index (χ1) is 12.9. The molecule has 0 spiro atoms. The second-order valence-electron chi connectivity index (χ2n) is 7.29. The molecule has 0 aromatic rings. The molecule has 0 unspecified atom stereocenters. The topological polar surface area (TPSA) is 108 Å². The molecule has 4 fully saturated rings. The van der Waals surface area contributed by atoms with Gasteiger partial charge in [-0.1, -0.05) is 34.8 Å². The highest BCUT2D eigenvalue weighted by Gasteiger charge is 2.64. The van der Waals surface area contributed by atoms with Crippen molar-refractivity contribution in [3.63, 3.8) is 0 Å². The van der Waals surface area contributed by atoms with Crippen LogP contribution in [0.4, 0.5) is 9.59 Å². The van der Waals surface area contributed by atoms with Gasteiger partial charge in [-0.25, -0.2) is 9.59 Å². The molecular formula is C15H17Cl3O10. The number of fused-ring (bicyclic) bond motifs is 1. The molecule has 0 bridgehead atoms. The number of halogens is 3. The first-order valence-electron chi connectivity index (χ1n) is 8.36. The molecule has 10 nitrogen and oxygen atoms in total. The van der Waals surface area contributed by atoms with E-state index in [-0.39, 0.29) is 6.61 Å². The van der Waals surface area contributed by atoms with Gasteiger partial charge < -0.3 is 37.9 Å². The molecule has 7 atom stereocenters. The van der Waals surface area contributed by atoms with Gasteiger partial charge in [0.2, 0.25) is 10.1 Å². The Bertz CT molecular complexity index is 681. The zero-order valence-electron chi connectivity index (χ0n) is 14.9. The van der Waals surface area contributed by atoms with Crippen molar-refractivity contribution in [2.75, 3.05) is 6.61 Å². The minimum absolute atomic E-state index is 0.0624. The molecule has 0 aromatic carbocycles. The lowest BCUT2D eigenvalue weighted by Gasteiger charge is -2.37. The Labute approximate surface area is 174 Å². The first kappa shape index (κ1) is 20.5. The van der Waals surface area contributed by atoms with Gasteiger partial charge in [0.05, 0.1) is 0 Å². The normalized spacial score (nSPS) is 44.6. The van der Waals surface area contributed by atoms with Crippen LogP contribution < -0.4 is 0 Å². The van der Waals surface area contributed by atoms with Gasteiger partial charge in [-0.05, 0) is 13.8 Å². The largest absolute Gasteiger partial charge is 0.511 e. The molecule has 0 aliphatic carbocycles. The van der Waals surface area contributed by atoms with Crippen LogP contribution in [0.2, 0.25) is 0 Å². The van der Waals surface area contributed by atoms with E-state index in [1.807, 2.05) is 0 Å². The Hall–Kier alpha value is -0.750. The van der Waals surface area contributed by atoms with E-state index < -0.39 is 64.5 Å². The van der Waals surface area contributed by atoms with Crippen LogP contribution >= 0.6 is 34.8 Å². The summed E-state index contributed by atoms with van der Waals surface area (Å²) in [5, 5.41) is 0. The van der Waals surface area contributed by atoms with E-state index in [1.165, 1.54) is 6.92 Å². The van der Waals surface area contributed by atoms with Crippen LogP contribution in [0.5, 0.6) is 0 Å². The number of ether oxygens (including phenoxy) is 8. The fourth-order valence-electron chi connectivity index (χ4n) is 3.32. The smallest absolute Gasteiger partial charge is 0.430 e. The highest BCUT2D eigenvalue weighted by molar-refractivity contribution is 6.67. The van der Waals surface area contributed by atoms with Gasteiger partial charge in [0.15, 0.2) is 18.0 Å². The van der Waals surface area contributed by atoms with Gasteiger partial charge in [-0.2, -0.15) is 0 Å². The molecule has 4 aliphatic heterocycles. The third-order valence-electron chi connectivity index (χ3n) is 5.06. The predicted octanol–water partition coefficient (Wildman–Crippen LogP) is 2.41. The average Bonchev–Trinajstić information content (AvgIpc) is 3.24. The summed E-state index contributed by atoms with van der Waals surface area (Å²) in [6.45, 7) is 4.71. The van der Waals surface area contributed by atoms with Crippen molar-refractivity contribution in [2.24, 2.45) is 0 Å². The molecule has 4 heterocycles. The van der Waals surface area contributed by atoms with Crippen LogP contribution in [0.25, 0.3) is 0 Å². The zero-order chi connectivity index (χ0) is 20.5. The van der Waals surface area contributed by atoms with Crippen molar-refractivity contribution in [3.8, 4) is 0 Å². The van der Waals surface area contributed by atoms with Crippen LogP contribution in [-0.4, -0.2) is 71.1 Å². The third kappa shape index (κ3) is 3.38. The summed E-state index contributed by atoms with van der Waals surface area (Å²) in [5.74, 6) is -1.50. The summed E-state index contributed by atoms with van der Waals surface area (Å²) in [7, 11) is 0. The first-order valence-corrected chi connectivity index (χ1v) is 9.49. The Morgan fingerprint density at radius 3 is 2.25 bits per heavy atom. The van der Waals surface area contributed by atoms with Crippen LogP contribution in [0.1, 0.15) is 20.8 Å². The summed E-state index contributed by atoms with van der Waals surface area (Å²) >= 11 is 17.5. The molecule has 0 N–H and O–H groups in total. The van der Waals surface area contributed by atoms with Gasteiger partial charge in [0, 0.05) is 6.92 Å². The standard InChI is InChI=1S/C15H17Cl3O10/c1-13(2)14(3,28-12(20)27-13)26-7-6(5-4-21-11(19)22-5)23-9-8(7)24-10(25-9)15(16,17)18/h5-10H,4H2,1-3H3/t5-,6-,7+,8-,9-,10-,14-/m1/s1. The Kier molecular flexibility index (Phi) is 4.86. The van der Waals surface area contributed by atoms with Crippen LogP contribution in [0.15, 0.2) is 0 Å². The highest BCUT2D eigenvalue weighted by Crippen LogP contribution is 2.47. The maximum atomic E-state index is 11.7. The summed E-state index contributed by atoms with van der Waals surface area (Å²) in [6, 6.07) is 0. The van der Waals surface area contributed by atoms with E-state index >= 15 is 0 Å². The molecule has 28 heavy (non-hydrogen) atoms. The summed E-state index contributed by atoms with van der Waals surface area (Å²) in [6.07, 6.45) is -7.37. The molecule has 158 valence electrons. The van der Waals surface area contributed by atoms with E-state index in [0.717, 1.165) is 0 Å². The number of carbonyl (C=O) groups is 2. The SMILES string of the molecule is CC1(C)OC(=O)O[C@@]1(C)O[C@@H]1[C@H]2O[C@@H](C(Cl)(Cl)Cl)O[C@H]2O[C@@H]1[C@H]1COC(=O)O1. The number of hydrogen-bond acceptors (Lipinski definition) is 10. The van der Waals surface area contributed by atoms with Crippen LogP contribution in [-0.2, 0) is 37.9 Å². The summed E-state index contributed by atoms with van der Waals surface area (Å²) < 4.78 is 41.6. The molecule has 0 saturated carbocycles. The number of rotatable bonds is 3. The lowest BCUT2D eigenvalue weighted by Crippen LogP contribution is -2.54. The second-order valence-corrected chi connectivity index (χ2v) is 9.66. The zero-order valence-corrected chi connectivity index (χ0v) is 17.2. The lowest BCUT2D eigenvalue weighted by atomic mass is 9.98. The summed E-state index contributed by atoms with van der Waals surface area (Å²) in [4.78, 5) is 23.0. The fourth-order valence-corrected chi connectivity index (χ4v) is 3.63. The quantitative estimate of drug-likeness (QED) is 0.457. The second kappa shape index (κ2) is 6.63. The maximum absolute atomic E-state index is 11.7. The number of carbonyl (C=O) groups excluding carboxylic acids is 2. The fraction of sp³-hybridized carbons (Fsp3) is 0.867. The van der Waals surface area contributed by atoms with E-state index in [2.05, 4.69) is 0 Å². The molecular weight excluding hydrogens is 447 g/mol. The molecule has 4 saturated heterocycles. The van der Waals surface area contributed by atoms with Crippen molar-refractivity contribution in [3.05, 3.63) is 0 Å². The monoisotopic (exact) mass is 462 g/mol. The summed E-state index contributed by atoms with van der Waals surface area (Å²) in [5.41, 5.74) is -1.14. The molecule has 0 amide bonds. The van der Waals surface area contributed by atoms with Gasteiger partial charge in [0.25, 0.3) is 5.79 Å². The van der Waals surface area contributed by atoms with E-state index in [1.54, 1.807) is 13.8 Å². The van der Waals surface area contributed by atoms with Gasteiger partial charge in [-0.3, -0.25) is 0 Å². The lowest BCUT2D eigenvalue weighted by molar-refractivity contribution is -0.272. The number of cyclic esters (lactones) is 4. The van der Waals surface area contributed by atoms with Crippen LogP contribution in [0.3, 0.4) is 0 Å². The Morgan fingerprint density at radius 2 is 1.71 bits per heavy atom. The van der Waals surface area contributed by atoms with Gasteiger partial charge in [0.1, 0.15) is 24.9 Å². The van der Waals surface area contributed by atoms with Crippen molar-refractivity contribution >= 4 is 47.1 Å². The number of alkyl halides is 3. The van der Waals surface area contributed by atoms with E-state index in [0.29, 0.717) is 0 Å². The molecule has 4 rings (SSSR count). The van der Waals surface area contributed by atoms with Crippen molar-refractivity contribution in [1.29, 1.82) is 0 Å². The maximum Gasteiger partial charge on any atom is 0.511 e. The van der Waals surface area contributed by atoms with Gasteiger partial charge >= 0.3 is 12.3 Å². The van der Waals surface area contributed by atoms with Crippen molar-refractivity contribution in [2.45, 2.75) is 72.9 Å². The minimum Gasteiger partial charge on any atom is -0.430 e. The minimum atomic E-state index is -1.87. The predicted molar refractivity (Wildman–Crippen MR) is 89.8 cm³/mol. The van der Waals surface area contributed by atoms with Crippen molar-refractivity contribution < 1.29 is 47.5 Å². The molecule has 0 radical (unpaired) electrons. The van der Waals surface area contributed by atoms with E-state index in [4.69, 9.17) is 72.7 Å². The van der Waals surface area contributed by atoms with E-state index in [9.17, 15) is 9.59 Å². The molecule has 0 aromatic heterocycles. The molecule has 13 heteroatoms. The Balaban J connectivity index is 1.59. The van der Waals surface area contributed by atoms with Crippen LogP contribution in [0, 0.1) is 0 Å².